The van der Waals surface area contributed by atoms with E-state index in [1.807, 2.05) is 12.1 Å². The van der Waals surface area contributed by atoms with Crippen LogP contribution in [0.2, 0.25) is 0 Å². The normalized spacial score (nSPS) is 25.0. The van der Waals surface area contributed by atoms with Gasteiger partial charge in [-0.1, -0.05) is 24.3 Å². The molecule has 1 aromatic heterocycles. The Morgan fingerprint density at radius 2 is 1.85 bits per heavy atom. The monoisotopic (exact) mass is 358 g/mol. The first-order valence-electron chi connectivity index (χ1n) is 9.28. The van der Waals surface area contributed by atoms with Gasteiger partial charge in [-0.25, -0.2) is 0 Å². The number of nitrogens with zero attached hydrogens (tertiary/aromatic N) is 5. The SMILES string of the molecule is OC[C@@H]1CN(Cc2ccc(-c3nn[nH]n3)cc2)C[C@@H]1CN1CCOCC1. The van der Waals surface area contributed by atoms with Gasteiger partial charge >= 0.3 is 0 Å². The lowest BCUT2D eigenvalue weighted by Gasteiger charge is -2.30. The molecule has 8 heteroatoms. The number of morpholine rings is 1. The van der Waals surface area contributed by atoms with Gasteiger partial charge < -0.3 is 9.84 Å². The lowest BCUT2D eigenvalue weighted by molar-refractivity contribution is 0.0264. The number of hydrogen-bond donors (Lipinski definition) is 2. The molecule has 3 heterocycles. The molecular formula is C18H26N6O2. The van der Waals surface area contributed by atoms with E-state index in [0.29, 0.717) is 17.7 Å². The Labute approximate surface area is 153 Å². The van der Waals surface area contributed by atoms with Crippen LogP contribution in [0.3, 0.4) is 0 Å². The molecule has 2 atom stereocenters. The van der Waals surface area contributed by atoms with Crippen LogP contribution in [0.4, 0.5) is 0 Å². The fourth-order valence-corrected chi connectivity index (χ4v) is 4.00. The molecule has 0 amide bonds. The highest BCUT2D eigenvalue weighted by Crippen LogP contribution is 2.26. The van der Waals surface area contributed by atoms with E-state index in [2.05, 4.69) is 42.6 Å². The maximum absolute atomic E-state index is 9.80. The van der Waals surface area contributed by atoms with Crippen molar-refractivity contribution in [1.29, 1.82) is 0 Å². The van der Waals surface area contributed by atoms with Crippen LogP contribution >= 0.6 is 0 Å². The number of likely N-dealkylation sites (tertiary alicyclic amines) is 1. The number of aromatic amines is 1. The van der Waals surface area contributed by atoms with Crippen LogP contribution < -0.4 is 0 Å². The molecule has 1 aromatic carbocycles. The van der Waals surface area contributed by atoms with Crippen molar-refractivity contribution in [2.45, 2.75) is 6.54 Å². The molecular weight excluding hydrogens is 332 g/mol. The van der Waals surface area contributed by atoms with E-state index in [1.54, 1.807) is 0 Å². The average Bonchev–Trinajstić information content (AvgIpc) is 3.33. The van der Waals surface area contributed by atoms with Gasteiger partial charge in [0, 0.05) is 51.4 Å². The van der Waals surface area contributed by atoms with Crippen molar-refractivity contribution in [3.63, 3.8) is 0 Å². The van der Waals surface area contributed by atoms with Gasteiger partial charge in [-0.2, -0.15) is 5.21 Å². The summed E-state index contributed by atoms with van der Waals surface area (Å²) in [6.45, 7) is 7.89. The third kappa shape index (κ3) is 4.09. The second-order valence-electron chi connectivity index (χ2n) is 7.24. The van der Waals surface area contributed by atoms with Crippen LogP contribution in [-0.4, -0.2) is 88.1 Å². The second-order valence-corrected chi connectivity index (χ2v) is 7.24. The van der Waals surface area contributed by atoms with Gasteiger partial charge in [0.15, 0.2) is 0 Å². The van der Waals surface area contributed by atoms with Gasteiger partial charge in [-0.15, -0.1) is 10.2 Å². The van der Waals surface area contributed by atoms with E-state index in [1.165, 1.54) is 5.56 Å². The van der Waals surface area contributed by atoms with E-state index < -0.39 is 0 Å². The first-order chi connectivity index (χ1) is 12.8. The van der Waals surface area contributed by atoms with Crippen molar-refractivity contribution >= 4 is 0 Å². The van der Waals surface area contributed by atoms with Crippen molar-refractivity contribution < 1.29 is 9.84 Å². The van der Waals surface area contributed by atoms with Crippen LogP contribution in [0.1, 0.15) is 5.56 Å². The molecule has 2 fully saturated rings. The number of ether oxygens (including phenoxy) is 1. The van der Waals surface area contributed by atoms with Crippen LogP contribution in [0.5, 0.6) is 0 Å². The number of aliphatic hydroxyl groups excluding tert-OH is 1. The number of nitrogens with one attached hydrogen (secondary N) is 1. The van der Waals surface area contributed by atoms with E-state index in [0.717, 1.165) is 58.0 Å². The molecule has 0 unspecified atom stereocenters. The van der Waals surface area contributed by atoms with Crippen LogP contribution in [0.15, 0.2) is 24.3 Å². The van der Waals surface area contributed by atoms with Crippen LogP contribution in [-0.2, 0) is 11.3 Å². The van der Waals surface area contributed by atoms with Crippen molar-refractivity contribution in [3.8, 4) is 11.4 Å². The molecule has 2 saturated heterocycles. The van der Waals surface area contributed by atoms with Crippen molar-refractivity contribution in [2.75, 3.05) is 52.5 Å². The molecule has 0 aliphatic carbocycles. The zero-order valence-electron chi connectivity index (χ0n) is 14.9. The summed E-state index contributed by atoms with van der Waals surface area (Å²) < 4.78 is 5.44. The van der Waals surface area contributed by atoms with E-state index in [9.17, 15) is 5.11 Å². The van der Waals surface area contributed by atoms with Gasteiger partial charge in [0.2, 0.25) is 5.82 Å². The molecule has 0 bridgehead atoms. The number of aliphatic hydroxyl groups is 1. The molecule has 26 heavy (non-hydrogen) atoms. The number of tetrazole rings is 1. The maximum atomic E-state index is 9.80. The minimum Gasteiger partial charge on any atom is -0.396 e. The summed E-state index contributed by atoms with van der Waals surface area (Å²) in [4.78, 5) is 4.93. The molecule has 0 radical (unpaired) electrons. The minimum absolute atomic E-state index is 0.266. The summed E-state index contributed by atoms with van der Waals surface area (Å²) in [7, 11) is 0. The number of rotatable bonds is 6. The smallest absolute Gasteiger partial charge is 0.204 e. The third-order valence-corrected chi connectivity index (χ3v) is 5.45. The first-order valence-corrected chi connectivity index (χ1v) is 9.28. The minimum atomic E-state index is 0.266. The van der Waals surface area contributed by atoms with E-state index in [-0.39, 0.29) is 6.61 Å². The molecule has 0 spiro atoms. The Morgan fingerprint density at radius 1 is 1.08 bits per heavy atom. The number of hydrogen-bond acceptors (Lipinski definition) is 7. The highest BCUT2D eigenvalue weighted by atomic mass is 16.5. The summed E-state index contributed by atoms with van der Waals surface area (Å²) in [6.07, 6.45) is 0. The van der Waals surface area contributed by atoms with Crippen LogP contribution in [0, 0.1) is 11.8 Å². The molecule has 140 valence electrons. The number of aromatic nitrogens is 4. The van der Waals surface area contributed by atoms with Gasteiger partial charge in [0.1, 0.15) is 0 Å². The Balaban J connectivity index is 1.34. The summed E-state index contributed by atoms with van der Waals surface area (Å²) in [6, 6.07) is 8.31. The standard InChI is InChI=1S/C18H26N6O2/c25-13-17-12-24(11-16(17)10-23-5-7-26-8-6-23)9-14-1-3-15(4-2-14)18-19-21-22-20-18/h1-4,16-17,25H,5-13H2,(H,19,20,21,22)/t16-,17-/m0/s1. The molecule has 2 aromatic rings. The van der Waals surface area contributed by atoms with Gasteiger partial charge in [-0.05, 0) is 22.6 Å². The largest absolute Gasteiger partial charge is 0.396 e. The Morgan fingerprint density at radius 3 is 2.54 bits per heavy atom. The topological polar surface area (TPSA) is 90.4 Å². The summed E-state index contributed by atoms with van der Waals surface area (Å²) in [5, 5.41) is 23.9. The Kier molecular flexibility index (Phi) is 5.54. The van der Waals surface area contributed by atoms with Crippen LogP contribution in [0.25, 0.3) is 11.4 Å². The fraction of sp³-hybridized carbons (Fsp3) is 0.611. The quantitative estimate of drug-likeness (QED) is 0.764. The maximum Gasteiger partial charge on any atom is 0.204 e. The number of benzene rings is 1. The highest BCUT2D eigenvalue weighted by Gasteiger charge is 2.33. The Bertz CT molecular complexity index is 671. The molecule has 2 N–H and O–H groups in total. The lowest BCUT2D eigenvalue weighted by atomic mass is 9.96. The van der Waals surface area contributed by atoms with Gasteiger partial charge in [0.05, 0.1) is 13.2 Å². The lowest BCUT2D eigenvalue weighted by Crippen LogP contribution is -2.41. The summed E-state index contributed by atoms with van der Waals surface area (Å²) in [5.41, 5.74) is 2.23. The molecule has 2 aliphatic rings. The predicted octanol–water partition coefficient (Wildman–Crippen LogP) is 0.239. The molecule has 0 saturated carbocycles. The zero-order valence-corrected chi connectivity index (χ0v) is 14.9. The van der Waals surface area contributed by atoms with Crippen molar-refractivity contribution in [2.24, 2.45) is 11.8 Å². The fourth-order valence-electron chi connectivity index (χ4n) is 4.00. The summed E-state index contributed by atoms with van der Waals surface area (Å²) in [5.74, 6) is 1.50. The second kappa shape index (κ2) is 8.22. The average molecular weight is 358 g/mol. The van der Waals surface area contributed by atoms with Gasteiger partial charge in [0.25, 0.3) is 0 Å². The van der Waals surface area contributed by atoms with Crippen molar-refractivity contribution in [3.05, 3.63) is 29.8 Å². The van der Waals surface area contributed by atoms with Gasteiger partial charge in [-0.3, -0.25) is 9.80 Å². The zero-order chi connectivity index (χ0) is 17.8. The predicted molar refractivity (Wildman–Crippen MR) is 96.2 cm³/mol. The highest BCUT2D eigenvalue weighted by molar-refractivity contribution is 5.54. The summed E-state index contributed by atoms with van der Waals surface area (Å²) >= 11 is 0. The first kappa shape index (κ1) is 17.5. The number of H-pyrrole nitrogens is 1. The Hall–Kier alpha value is -1.87. The molecule has 8 nitrogen and oxygen atoms in total. The molecule has 4 rings (SSSR count). The van der Waals surface area contributed by atoms with E-state index in [4.69, 9.17) is 4.74 Å². The molecule has 2 aliphatic heterocycles. The van der Waals surface area contributed by atoms with Crippen molar-refractivity contribution in [1.82, 2.24) is 30.4 Å². The third-order valence-electron chi connectivity index (χ3n) is 5.45. The van der Waals surface area contributed by atoms with E-state index >= 15 is 0 Å².